The van der Waals surface area contributed by atoms with E-state index >= 15 is 0 Å². The van der Waals surface area contributed by atoms with Gasteiger partial charge in [-0.2, -0.15) is 0 Å². The minimum absolute atomic E-state index is 0.199. The van der Waals surface area contributed by atoms with E-state index in [2.05, 4.69) is 5.32 Å². The number of benzene rings is 2. The lowest BCUT2D eigenvalue weighted by Gasteiger charge is -2.29. The van der Waals surface area contributed by atoms with E-state index in [0.29, 0.717) is 23.5 Å². The number of aromatic nitrogens is 1. The number of carbonyl (C=O) groups is 1. The molecule has 28 heavy (non-hydrogen) atoms. The van der Waals surface area contributed by atoms with Crippen molar-refractivity contribution in [3.8, 4) is 5.69 Å². The third-order valence-electron chi connectivity index (χ3n) is 4.85. The summed E-state index contributed by atoms with van der Waals surface area (Å²) in [7, 11) is -3.30. The molecule has 0 radical (unpaired) electrons. The van der Waals surface area contributed by atoms with Crippen LogP contribution in [0, 0.1) is 0 Å². The van der Waals surface area contributed by atoms with Gasteiger partial charge in [-0.15, -0.1) is 0 Å². The highest BCUT2D eigenvalue weighted by molar-refractivity contribution is 7.92. The van der Waals surface area contributed by atoms with E-state index in [0.717, 1.165) is 24.1 Å². The summed E-state index contributed by atoms with van der Waals surface area (Å²) in [6.07, 6.45) is 6.66. The van der Waals surface area contributed by atoms with Crippen molar-refractivity contribution in [1.82, 2.24) is 4.57 Å². The number of amides is 1. The molecule has 0 bridgehead atoms. The Morgan fingerprint density at radius 1 is 1.04 bits per heavy atom. The lowest BCUT2D eigenvalue weighted by Crippen LogP contribution is -2.34. The van der Waals surface area contributed by atoms with Crippen LogP contribution in [0.5, 0.6) is 0 Å². The number of nitrogens with zero attached hydrogens (tertiary/aromatic N) is 2. The summed E-state index contributed by atoms with van der Waals surface area (Å²) in [5, 5.41) is 2.90. The van der Waals surface area contributed by atoms with Gasteiger partial charge in [0.05, 0.1) is 11.9 Å². The molecular formula is C21H21N3O3S. The predicted molar refractivity (Wildman–Crippen MR) is 111 cm³/mol. The molecule has 0 spiro atoms. The van der Waals surface area contributed by atoms with Crippen LogP contribution in [-0.2, 0) is 16.4 Å². The maximum Gasteiger partial charge on any atom is 0.255 e. The molecule has 1 N–H and O–H groups in total. The minimum atomic E-state index is -3.30. The summed E-state index contributed by atoms with van der Waals surface area (Å²) in [6, 6.07) is 16.6. The SMILES string of the molecule is CS(=O)(=O)N1CCCc2cc(NC(=O)c3ccc(-n4cccc4)cc3)ccc21. The Balaban J connectivity index is 1.52. The van der Waals surface area contributed by atoms with Crippen molar-refractivity contribution in [3.63, 3.8) is 0 Å². The average molecular weight is 395 g/mol. The van der Waals surface area contributed by atoms with Crippen LogP contribution in [0.4, 0.5) is 11.4 Å². The number of hydrogen-bond acceptors (Lipinski definition) is 3. The average Bonchev–Trinajstić information content (AvgIpc) is 3.21. The van der Waals surface area contributed by atoms with Gasteiger partial charge in [0.15, 0.2) is 0 Å². The van der Waals surface area contributed by atoms with Crippen LogP contribution in [-0.4, -0.2) is 31.7 Å². The highest BCUT2D eigenvalue weighted by atomic mass is 32.2. The molecule has 1 aliphatic heterocycles. The topological polar surface area (TPSA) is 71.4 Å². The van der Waals surface area contributed by atoms with Gasteiger partial charge in [-0.25, -0.2) is 8.42 Å². The number of hydrogen-bond donors (Lipinski definition) is 1. The van der Waals surface area contributed by atoms with Crippen LogP contribution < -0.4 is 9.62 Å². The Bertz CT molecular complexity index is 1100. The van der Waals surface area contributed by atoms with E-state index in [1.54, 1.807) is 24.3 Å². The van der Waals surface area contributed by atoms with Crippen LogP contribution in [0.3, 0.4) is 0 Å². The number of anilines is 2. The van der Waals surface area contributed by atoms with Crippen molar-refractivity contribution in [2.24, 2.45) is 0 Å². The first-order valence-corrected chi connectivity index (χ1v) is 10.9. The summed E-state index contributed by atoms with van der Waals surface area (Å²) in [6.45, 7) is 0.491. The number of sulfonamides is 1. The van der Waals surface area contributed by atoms with E-state index in [4.69, 9.17) is 0 Å². The van der Waals surface area contributed by atoms with Crippen molar-refractivity contribution in [2.75, 3.05) is 22.4 Å². The second-order valence-corrected chi connectivity index (χ2v) is 8.78. The monoisotopic (exact) mass is 395 g/mol. The number of aryl methyl sites for hydroxylation is 1. The van der Waals surface area contributed by atoms with E-state index in [1.807, 2.05) is 47.3 Å². The van der Waals surface area contributed by atoms with Crippen molar-refractivity contribution in [2.45, 2.75) is 12.8 Å². The van der Waals surface area contributed by atoms with Gasteiger partial charge in [0, 0.05) is 35.9 Å². The van der Waals surface area contributed by atoms with Crippen LogP contribution in [0.25, 0.3) is 5.69 Å². The second kappa shape index (κ2) is 7.16. The van der Waals surface area contributed by atoms with Gasteiger partial charge in [0.1, 0.15) is 0 Å². The predicted octanol–water partition coefficient (Wildman–Crippen LogP) is 3.44. The summed E-state index contributed by atoms with van der Waals surface area (Å²) >= 11 is 0. The molecule has 2 heterocycles. The molecule has 144 valence electrons. The molecule has 0 saturated carbocycles. The maximum absolute atomic E-state index is 12.6. The number of fused-ring (bicyclic) bond motifs is 1. The lowest BCUT2D eigenvalue weighted by atomic mass is 10.0. The molecule has 6 nitrogen and oxygen atoms in total. The van der Waals surface area contributed by atoms with Gasteiger partial charge in [-0.3, -0.25) is 9.10 Å². The Kier molecular flexibility index (Phi) is 4.68. The van der Waals surface area contributed by atoms with E-state index in [1.165, 1.54) is 10.6 Å². The van der Waals surface area contributed by atoms with Gasteiger partial charge in [-0.1, -0.05) is 0 Å². The zero-order valence-corrected chi connectivity index (χ0v) is 16.3. The molecule has 2 aromatic carbocycles. The van der Waals surface area contributed by atoms with Crippen molar-refractivity contribution in [1.29, 1.82) is 0 Å². The first-order chi connectivity index (χ1) is 13.4. The third-order valence-corrected chi connectivity index (χ3v) is 6.03. The molecule has 0 aliphatic carbocycles. The minimum Gasteiger partial charge on any atom is -0.324 e. The first-order valence-electron chi connectivity index (χ1n) is 9.07. The molecule has 1 aliphatic rings. The molecule has 0 unspecified atom stereocenters. The molecular weight excluding hydrogens is 374 g/mol. The molecule has 1 aromatic heterocycles. The summed E-state index contributed by atoms with van der Waals surface area (Å²) < 4.78 is 27.3. The highest BCUT2D eigenvalue weighted by Gasteiger charge is 2.24. The van der Waals surface area contributed by atoms with Gasteiger partial charge in [-0.05, 0) is 73.0 Å². The third kappa shape index (κ3) is 3.66. The Morgan fingerprint density at radius 2 is 1.75 bits per heavy atom. The molecule has 7 heteroatoms. The number of rotatable bonds is 4. The quantitative estimate of drug-likeness (QED) is 0.736. The normalized spacial score (nSPS) is 13.8. The maximum atomic E-state index is 12.6. The molecule has 3 aromatic rings. The molecule has 4 rings (SSSR count). The molecule has 0 saturated heterocycles. The van der Waals surface area contributed by atoms with E-state index in [9.17, 15) is 13.2 Å². The van der Waals surface area contributed by atoms with E-state index < -0.39 is 10.0 Å². The van der Waals surface area contributed by atoms with Crippen molar-refractivity contribution in [3.05, 3.63) is 78.1 Å². The fraction of sp³-hybridized carbons (Fsp3) is 0.190. The lowest BCUT2D eigenvalue weighted by molar-refractivity contribution is 0.102. The fourth-order valence-electron chi connectivity index (χ4n) is 3.48. The van der Waals surface area contributed by atoms with Gasteiger partial charge in [0.25, 0.3) is 5.91 Å². The Hall–Kier alpha value is -3.06. The first kappa shape index (κ1) is 18.3. The summed E-state index contributed by atoms with van der Waals surface area (Å²) in [5.74, 6) is -0.199. The Morgan fingerprint density at radius 3 is 2.43 bits per heavy atom. The summed E-state index contributed by atoms with van der Waals surface area (Å²) in [5.41, 5.74) is 3.83. The van der Waals surface area contributed by atoms with Crippen molar-refractivity contribution >= 4 is 27.3 Å². The van der Waals surface area contributed by atoms with Gasteiger partial charge in [0.2, 0.25) is 10.0 Å². The molecule has 0 fully saturated rings. The zero-order valence-electron chi connectivity index (χ0n) is 15.5. The molecule has 0 atom stereocenters. The number of carbonyl (C=O) groups excluding carboxylic acids is 1. The van der Waals surface area contributed by atoms with Crippen LogP contribution in [0.2, 0.25) is 0 Å². The second-order valence-electron chi connectivity index (χ2n) is 6.87. The standard InChI is InChI=1S/C21H21N3O3S/c1-28(26,27)24-14-4-5-17-15-18(8-11-20(17)24)22-21(25)16-6-9-19(10-7-16)23-12-2-3-13-23/h2-3,6-13,15H,4-5,14H2,1H3,(H,22,25). The van der Waals surface area contributed by atoms with Crippen LogP contribution >= 0.6 is 0 Å². The van der Waals surface area contributed by atoms with Crippen LogP contribution in [0.1, 0.15) is 22.3 Å². The van der Waals surface area contributed by atoms with E-state index in [-0.39, 0.29) is 5.91 Å². The number of nitrogens with one attached hydrogen (secondary N) is 1. The smallest absolute Gasteiger partial charge is 0.255 e. The van der Waals surface area contributed by atoms with Crippen molar-refractivity contribution < 1.29 is 13.2 Å². The fourth-order valence-corrected chi connectivity index (χ4v) is 4.48. The zero-order chi connectivity index (χ0) is 19.7. The van der Waals surface area contributed by atoms with Gasteiger partial charge >= 0.3 is 0 Å². The molecule has 1 amide bonds. The summed E-state index contributed by atoms with van der Waals surface area (Å²) in [4.78, 5) is 12.6. The highest BCUT2D eigenvalue weighted by Crippen LogP contribution is 2.31. The Labute approximate surface area is 164 Å². The largest absolute Gasteiger partial charge is 0.324 e. The van der Waals surface area contributed by atoms with Crippen LogP contribution in [0.15, 0.2) is 67.0 Å². The van der Waals surface area contributed by atoms with Gasteiger partial charge < -0.3 is 9.88 Å².